The summed E-state index contributed by atoms with van der Waals surface area (Å²) >= 11 is 0. The number of benzene rings is 3. The van der Waals surface area contributed by atoms with Crippen molar-refractivity contribution in [1.29, 1.82) is 0 Å². The number of pyridine rings is 1. The van der Waals surface area contributed by atoms with Crippen LogP contribution in [0.3, 0.4) is 0 Å². The minimum Gasteiger partial charge on any atom is -0.511 e. The minimum absolute atomic E-state index is 0. The first kappa shape index (κ1) is 17.8. The van der Waals surface area contributed by atoms with Crippen LogP contribution >= 0.6 is 0 Å². The number of fused-ring (bicyclic) bond motifs is 6. The van der Waals surface area contributed by atoms with E-state index in [4.69, 9.17) is 13.7 Å². The Bertz CT molecular complexity index is 2220. The summed E-state index contributed by atoms with van der Waals surface area (Å²) in [6, 6.07) is 0.441. The van der Waals surface area contributed by atoms with Crippen LogP contribution in [0, 0.1) is 40.2 Å². The van der Waals surface area contributed by atoms with Crippen molar-refractivity contribution < 1.29 is 33.5 Å². The van der Waals surface area contributed by atoms with Crippen LogP contribution in [0.25, 0.3) is 38.6 Å². The van der Waals surface area contributed by atoms with Crippen LogP contribution in [0.4, 0.5) is 0 Å². The number of rotatable bonds is 3. The Morgan fingerprint density at radius 1 is 0.850 bits per heavy atom. The third-order valence-electron chi connectivity index (χ3n) is 6.47. The van der Waals surface area contributed by atoms with E-state index in [-0.39, 0.29) is 113 Å². The van der Waals surface area contributed by atoms with E-state index in [1.165, 1.54) is 11.3 Å². The fraction of sp³-hybridized carbons (Fsp3) is 0.182. The smallest absolute Gasteiger partial charge is 0.0853 e. The molecule has 2 aromatic heterocycles. The quantitative estimate of drug-likeness (QED) is 0.155. The molecule has 0 fully saturated rings. The molecule has 0 unspecified atom stereocenters. The molecule has 0 radical (unpaired) electrons. The van der Waals surface area contributed by atoms with Crippen molar-refractivity contribution in [2.75, 3.05) is 20.8 Å². The average molecular weight is 714 g/mol. The molecule has 0 aliphatic carbocycles. The van der Waals surface area contributed by atoms with Gasteiger partial charge in [-0.1, -0.05) is 41.2 Å². The summed E-state index contributed by atoms with van der Waals surface area (Å²) in [6.45, 7) is 9.70. The molecular formula is C33H33N6Os-3. The second kappa shape index (κ2) is 11.4. The van der Waals surface area contributed by atoms with E-state index in [1.54, 1.807) is 13.8 Å². The molecule has 2 aliphatic rings. The van der Waals surface area contributed by atoms with E-state index in [2.05, 4.69) is 46.6 Å². The molecule has 0 saturated carbocycles. The van der Waals surface area contributed by atoms with Gasteiger partial charge in [0.1, 0.15) is 0 Å². The molecule has 0 atom stereocenters. The number of aromatic nitrogens is 2. The molecule has 0 spiro atoms. The van der Waals surface area contributed by atoms with Crippen molar-refractivity contribution in [3.05, 3.63) is 121 Å². The zero-order valence-electron chi connectivity index (χ0n) is 32.7. The van der Waals surface area contributed by atoms with E-state index in [1.807, 2.05) is 36.3 Å². The molecule has 206 valence electrons. The van der Waals surface area contributed by atoms with Gasteiger partial charge >= 0.3 is 0 Å². The number of hydrogen-bond donors (Lipinski definition) is 0. The zero-order valence-corrected chi connectivity index (χ0v) is 25.2. The van der Waals surface area contributed by atoms with Crippen LogP contribution in [0.5, 0.6) is 0 Å². The summed E-state index contributed by atoms with van der Waals surface area (Å²) in [5.41, 5.74) is 1.39. The first-order valence-corrected chi connectivity index (χ1v) is 12.4. The molecular weight excluding hydrogens is 671 g/mol. The summed E-state index contributed by atoms with van der Waals surface area (Å²) in [6.07, 6.45) is 7.90. The van der Waals surface area contributed by atoms with Crippen molar-refractivity contribution in [1.82, 2.24) is 29.0 Å². The largest absolute Gasteiger partial charge is 0.511 e. The van der Waals surface area contributed by atoms with Gasteiger partial charge in [0.05, 0.1) is 20.9 Å². The second-order valence-electron chi connectivity index (χ2n) is 9.53. The third-order valence-corrected chi connectivity index (χ3v) is 6.47. The maximum Gasteiger partial charge on any atom is 0.0853 e. The summed E-state index contributed by atoms with van der Waals surface area (Å²) in [7, 11) is 4.04. The van der Waals surface area contributed by atoms with E-state index in [0.717, 1.165) is 6.67 Å². The van der Waals surface area contributed by atoms with E-state index in [9.17, 15) is 0 Å². The van der Waals surface area contributed by atoms with Gasteiger partial charge in [0, 0.05) is 46.5 Å². The summed E-state index contributed by atoms with van der Waals surface area (Å²) in [5, 5.41) is 0.325. The Hall–Kier alpha value is -3.81. The molecule has 0 bridgehead atoms. The Balaban J connectivity index is 0.000000291. The monoisotopic (exact) mass is 715 g/mol. The Kier molecular flexibility index (Phi) is 5.05. The molecule has 6 nitrogen and oxygen atoms in total. The molecule has 2 aliphatic heterocycles. The third kappa shape index (κ3) is 5.19. The number of nitrogens with zero attached hydrogens (tertiary/aromatic N) is 6. The average Bonchev–Trinajstić information content (AvgIpc) is 3.77. The van der Waals surface area contributed by atoms with Gasteiger partial charge in [-0.3, -0.25) is 4.98 Å². The van der Waals surface area contributed by atoms with Crippen molar-refractivity contribution in [2.45, 2.75) is 20.8 Å². The van der Waals surface area contributed by atoms with Gasteiger partial charge in [0.2, 0.25) is 0 Å². The van der Waals surface area contributed by atoms with Crippen molar-refractivity contribution in [3.63, 3.8) is 0 Å². The van der Waals surface area contributed by atoms with Crippen LogP contribution in [0.1, 0.15) is 30.4 Å². The van der Waals surface area contributed by atoms with Gasteiger partial charge in [-0.15, -0.1) is 29.6 Å². The molecule has 0 amide bonds. The molecule has 5 aromatic rings. The van der Waals surface area contributed by atoms with Crippen LogP contribution in [-0.2, 0) is 19.8 Å². The molecule has 3 aromatic carbocycles. The zero-order chi connectivity index (χ0) is 35.8. The van der Waals surface area contributed by atoms with Crippen LogP contribution < -0.4 is 0 Å². The summed E-state index contributed by atoms with van der Waals surface area (Å²) < 4.78 is 85.9. The first-order valence-electron chi connectivity index (χ1n) is 17.4. The molecule has 7 rings (SSSR count). The number of imidazole rings is 1. The van der Waals surface area contributed by atoms with Gasteiger partial charge in [-0.05, 0) is 83.6 Å². The first-order chi connectivity index (χ1) is 23.0. The SMILES string of the molecule is CN1C=CN(CN2C=CN(C)[CH-]2)[CH-]1.[2H]c1[c-]c2c(c([2H])c1[2H])c1c([2H])c(C)c([2H])c([2H])c1n1c(-c3c(C)c([2H])c([2H])c([2H])c3C)c([2H])nc21.[Os]. The van der Waals surface area contributed by atoms with Gasteiger partial charge in [-0.2, -0.15) is 13.3 Å². The van der Waals surface area contributed by atoms with Gasteiger partial charge < -0.3 is 24.0 Å². The minimum atomic E-state index is -0.403. The Morgan fingerprint density at radius 2 is 1.52 bits per heavy atom. The standard InChI is InChI=1S/C24H19N2.C9H14N4.Os/c1-15-11-12-21-20(13-15)18-9-4-5-10-19(18)24-25-14-22(26(21)24)23-16(2)7-6-8-17(23)3;1-10-3-5-12(7-10)9-13-6-4-11(2)8-13;/h4-9,11-14H,1-3H3;3-8H,9H2,1-2H3;/q-1;-2;/i4D,5D,6D,7D,8D,9D,11D,12D,13D,14D;;. The predicted octanol–water partition coefficient (Wildman–Crippen LogP) is 6.65. The van der Waals surface area contributed by atoms with Crippen molar-refractivity contribution in [2.24, 2.45) is 0 Å². The number of hydrogen-bond acceptors (Lipinski definition) is 5. The van der Waals surface area contributed by atoms with Crippen LogP contribution in [-0.4, -0.2) is 49.7 Å². The van der Waals surface area contributed by atoms with E-state index < -0.39 is 6.04 Å². The fourth-order valence-corrected chi connectivity index (χ4v) is 4.71. The van der Waals surface area contributed by atoms with Gasteiger partial charge in [0.25, 0.3) is 0 Å². The second-order valence-corrected chi connectivity index (χ2v) is 9.53. The van der Waals surface area contributed by atoms with E-state index in [0.29, 0.717) is 16.7 Å². The summed E-state index contributed by atoms with van der Waals surface area (Å²) in [4.78, 5) is 12.7. The van der Waals surface area contributed by atoms with Gasteiger partial charge in [-0.25, -0.2) is 0 Å². The fourth-order valence-electron chi connectivity index (χ4n) is 4.71. The Morgan fingerprint density at radius 3 is 2.15 bits per heavy atom. The predicted molar refractivity (Wildman–Crippen MR) is 160 cm³/mol. The van der Waals surface area contributed by atoms with Crippen molar-refractivity contribution in [3.8, 4) is 11.3 Å². The van der Waals surface area contributed by atoms with Crippen LogP contribution in [0.2, 0.25) is 0 Å². The molecule has 7 heteroatoms. The maximum atomic E-state index is 8.80. The maximum absolute atomic E-state index is 8.80. The molecule has 0 N–H and O–H groups in total. The topological polar surface area (TPSA) is 30.3 Å². The molecule has 4 heterocycles. The Labute approximate surface area is 263 Å². The molecule has 0 saturated heterocycles. The van der Waals surface area contributed by atoms with Crippen LogP contribution in [0.15, 0.2) is 85.4 Å². The molecule has 40 heavy (non-hydrogen) atoms. The van der Waals surface area contributed by atoms with Gasteiger partial charge in [0.15, 0.2) is 0 Å². The normalized spacial score (nSPS) is 17.9. The van der Waals surface area contributed by atoms with E-state index >= 15 is 0 Å². The van der Waals surface area contributed by atoms with Crippen molar-refractivity contribution >= 4 is 27.3 Å². The summed E-state index contributed by atoms with van der Waals surface area (Å²) in [5.74, 6) is 0.